The normalized spacial score (nSPS) is 10.4. The van der Waals surface area contributed by atoms with Gasteiger partial charge in [0.1, 0.15) is 11.5 Å². The van der Waals surface area contributed by atoms with Crippen LogP contribution >= 0.6 is 0 Å². The molecule has 0 spiro atoms. The Hall–Kier alpha value is -2.03. The van der Waals surface area contributed by atoms with Crippen molar-refractivity contribution in [1.82, 2.24) is 0 Å². The molecule has 1 heterocycles. The third-order valence-electron chi connectivity index (χ3n) is 2.99. The largest absolute Gasteiger partial charge is 0.496 e. The van der Waals surface area contributed by atoms with Gasteiger partial charge in [-0.15, -0.1) is 0 Å². The molecular weight excluding hydrogens is 228 g/mol. The summed E-state index contributed by atoms with van der Waals surface area (Å²) in [7, 11) is 1.56. The number of hydrogen-bond donors (Lipinski definition) is 0. The third-order valence-corrected chi connectivity index (χ3v) is 2.99. The van der Waals surface area contributed by atoms with Crippen LogP contribution in [0, 0.1) is 20.8 Å². The minimum atomic E-state index is -0.147. The molecule has 0 bridgehead atoms. The molecule has 0 unspecified atom stereocenters. The number of hydrogen-bond acceptors (Lipinski definition) is 3. The van der Waals surface area contributed by atoms with Gasteiger partial charge >= 0.3 is 0 Å². The Bertz CT molecular complexity index is 574. The van der Waals surface area contributed by atoms with Crippen molar-refractivity contribution in [3.8, 4) is 5.75 Å². The molecular formula is C15H16O3. The van der Waals surface area contributed by atoms with Crippen molar-refractivity contribution < 1.29 is 13.9 Å². The predicted octanol–water partition coefficient (Wildman–Crippen LogP) is 3.44. The third kappa shape index (κ3) is 2.16. The van der Waals surface area contributed by atoms with Crippen molar-refractivity contribution in [2.45, 2.75) is 20.8 Å². The van der Waals surface area contributed by atoms with Crippen molar-refractivity contribution in [2.24, 2.45) is 0 Å². The Morgan fingerprint density at radius 3 is 2.44 bits per heavy atom. The summed E-state index contributed by atoms with van der Waals surface area (Å²) >= 11 is 0. The second-order valence-corrected chi connectivity index (χ2v) is 4.38. The molecule has 2 aromatic rings. The lowest BCUT2D eigenvalue weighted by atomic mass is 10.0. The molecule has 0 atom stereocenters. The topological polar surface area (TPSA) is 39.4 Å². The van der Waals surface area contributed by atoms with E-state index >= 15 is 0 Å². The molecule has 0 radical (unpaired) electrons. The van der Waals surface area contributed by atoms with Crippen LogP contribution in [0.25, 0.3) is 0 Å². The lowest BCUT2D eigenvalue weighted by Crippen LogP contribution is -2.03. The average Bonchev–Trinajstić information content (AvgIpc) is 2.68. The Morgan fingerprint density at radius 2 is 1.89 bits per heavy atom. The van der Waals surface area contributed by atoms with Gasteiger partial charge in [-0.2, -0.15) is 0 Å². The van der Waals surface area contributed by atoms with Crippen molar-refractivity contribution in [1.29, 1.82) is 0 Å². The molecule has 0 N–H and O–H groups in total. The molecule has 94 valence electrons. The van der Waals surface area contributed by atoms with Gasteiger partial charge in [-0.25, -0.2) is 0 Å². The van der Waals surface area contributed by atoms with E-state index in [2.05, 4.69) is 0 Å². The Balaban J connectivity index is 2.48. The van der Waals surface area contributed by atoms with Crippen LogP contribution in [-0.4, -0.2) is 12.9 Å². The van der Waals surface area contributed by atoms with Gasteiger partial charge in [-0.3, -0.25) is 4.79 Å². The maximum atomic E-state index is 12.4. The molecule has 0 fully saturated rings. The maximum Gasteiger partial charge on any atom is 0.231 e. The maximum absolute atomic E-state index is 12.4. The summed E-state index contributed by atoms with van der Waals surface area (Å²) in [5, 5.41) is 0. The first-order valence-corrected chi connectivity index (χ1v) is 5.79. The molecule has 0 saturated heterocycles. The van der Waals surface area contributed by atoms with Crippen LogP contribution in [0.1, 0.15) is 33.0 Å². The highest BCUT2D eigenvalue weighted by Crippen LogP contribution is 2.24. The summed E-state index contributed by atoms with van der Waals surface area (Å²) in [5.41, 5.74) is 2.52. The highest BCUT2D eigenvalue weighted by Gasteiger charge is 2.18. The quantitative estimate of drug-likeness (QED) is 0.776. The van der Waals surface area contributed by atoms with Gasteiger partial charge in [0, 0.05) is 0 Å². The first-order chi connectivity index (χ1) is 8.52. The van der Waals surface area contributed by atoms with E-state index in [0.29, 0.717) is 17.1 Å². The smallest absolute Gasteiger partial charge is 0.231 e. The van der Waals surface area contributed by atoms with Gasteiger partial charge < -0.3 is 9.15 Å². The fraction of sp³-hybridized carbons (Fsp3) is 0.267. The van der Waals surface area contributed by atoms with E-state index in [9.17, 15) is 4.79 Å². The van der Waals surface area contributed by atoms with Crippen LogP contribution < -0.4 is 4.74 Å². The minimum absolute atomic E-state index is 0.147. The van der Waals surface area contributed by atoms with Gasteiger partial charge in [0.25, 0.3) is 0 Å². The van der Waals surface area contributed by atoms with Crippen LogP contribution in [0.4, 0.5) is 0 Å². The number of carbonyl (C=O) groups is 1. The SMILES string of the molecule is COc1ccc(C)cc1C(=O)c1cc(C)c(C)o1. The first-order valence-electron chi connectivity index (χ1n) is 5.79. The molecule has 0 aliphatic rings. The second kappa shape index (κ2) is 4.69. The number of ether oxygens (including phenoxy) is 1. The number of ketones is 1. The summed E-state index contributed by atoms with van der Waals surface area (Å²) in [6.45, 7) is 5.71. The number of carbonyl (C=O) groups excluding carboxylic acids is 1. The van der Waals surface area contributed by atoms with Gasteiger partial charge in [0.2, 0.25) is 5.78 Å². The number of aryl methyl sites for hydroxylation is 3. The zero-order valence-electron chi connectivity index (χ0n) is 11.0. The van der Waals surface area contributed by atoms with E-state index in [4.69, 9.17) is 9.15 Å². The molecule has 0 amide bonds. The number of furan rings is 1. The highest BCUT2D eigenvalue weighted by atomic mass is 16.5. The van der Waals surface area contributed by atoms with Crippen LogP contribution in [-0.2, 0) is 0 Å². The first kappa shape index (κ1) is 12.4. The predicted molar refractivity (Wildman–Crippen MR) is 69.3 cm³/mol. The van der Waals surface area contributed by atoms with Crippen molar-refractivity contribution in [2.75, 3.05) is 7.11 Å². The molecule has 0 saturated carbocycles. The standard InChI is InChI=1S/C15H16O3/c1-9-5-6-13(17-4)12(7-9)15(16)14-8-10(2)11(3)18-14/h5-8H,1-4H3. The van der Waals surface area contributed by atoms with E-state index in [1.54, 1.807) is 19.2 Å². The Labute approximate surface area is 106 Å². The number of benzene rings is 1. The molecule has 2 rings (SSSR count). The van der Waals surface area contributed by atoms with Crippen LogP contribution in [0.2, 0.25) is 0 Å². The molecule has 0 aliphatic carbocycles. The fourth-order valence-electron chi connectivity index (χ4n) is 1.82. The van der Waals surface area contributed by atoms with Gasteiger partial charge in [0.05, 0.1) is 12.7 Å². The number of rotatable bonds is 3. The van der Waals surface area contributed by atoms with Crippen LogP contribution in [0.5, 0.6) is 5.75 Å². The summed E-state index contributed by atoms with van der Waals surface area (Å²) in [6, 6.07) is 7.28. The number of methoxy groups -OCH3 is 1. The zero-order chi connectivity index (χ0) is 13.3. The molecule has 3 nitrogen and oxygen atoms in total. The van der Waals surface area contributed by atoms with Crippen molar-refractivity contribution in [3.63, 3.8) is 0 Å². The van der Waals surface area contributed by atoms with E-state index in [1.807, 2.05) is 32.9 Å². The second-order valence-electron chi connectivity index (χ2n) is 4.38. The van der Waals surface area contributed by atoms with Crippen molar-refractivity contribution >= 4 is 5.78 Å². The molecule has 3 heteroatoms. The van der Waals surface area contributed by atoms with Gasteiger partial charge in [-0.05, 0) is 44.5 Å². The van der Waals surface area contributed by atoms with Crippen LogP contribution in [0.3, 0.4) is 0 Å². The summed E-state index contributed by atoms with van der Waals surface area (Å²) in [4.78, 5) is 12.4. The summed E-state index contributed by atoms with van der Waals surface area (Å²) < 4.78 is 10.7. The molecule has 1 aromatic carbocycles. The Morgan fingerprint density at radius 1 is 1.17 bits per heavy atom. The lowest BCUT2D eigenvalue weighted by Gasteiger charge is -2.07. The molecule has 0 aliphatic heterocycles. The minimum Gasteiger partial charge on any atom is -0.496 e. The molecule has 18 heavy (non-hydrogen) atoms. The fourth-order valence-corrected chi connectivity index (χ4v) is 1.82. The van der Waals surface area contributed by atoms with Gasteiger partial charge in [0.15, 0.2) is 5.76 Å². The van der Waals surface area contributed by atoms with Crippen molar-refractivity contribution in [3.05, 3.63) is 52.5 Å². The monoisotopic (exact) mass is 244 g/mol. The molecule has 1 aromatic heterocycles. The van der Waals surface area contributed by atoms with E-state index in [-0.39, 0.29) is 5.78 Å². The lowest BCUT2D eigenvalue weighted by molar-refractivity contribution is 0.100. The summed E-state index contributed by atoms with van der Waals surface area (Å²) in [5.74, 6) is 1.54. The summed E-state index contributed by atoms with van der Waals surface area (Å²) in [6.07, 6.45) is 0. The highest BCUT2D eigenvalue weighted by molar-refractivity contribution is 6.09. The van der Waals surface area contributed by atoms with Crippen LogP contribution in [0.15, 0.2) is 28.7 Å². The van der Waals surface area contributed by atoms with E-state index < -0.39 is 0 Å². The average molecular weight is 244 g/mol. The Kier molecular flexibility index (Phi) is 3.24. The van der Waals surface area contributed by atoms with Gasteiger partial charge in [-0.1, -0.05) is 11.6 Å². The van der Waals surface area contributed by atoms with E-state index in [1.165, 1.54) is 0 Å². The van der Waals surface area contributed by atoms with E-state index in [0.717, 1.165) is 16.9 Å². The zero-order valence-corrected chi connectivity index (χ0v) is 11.0.